The Labute approximate surface area is 105 Å². The van der Waals surface area contributed by atoms with Crippen molar-refractivity contribution in [2.24, 2.45) is 11.3 Å². The summed E-state index contributed by atoms with van der Waals surface area (Å²) >= 11 is 3.50. The highest BCUT2D eigenvalue weighted by atomic mass is 79.9. The second-order valence-corrected chi connectivity index (χ2v) is 5.92. The topological polar surface area (TPSA) is 34.9 Å². The van der Waals surface area contributed by atoms with Gasteiger partial charge in [-0.1, -0.05) is 36.7 Å². The second-order valence-electron chi connectivity index (χ2n) is 5.27. The fraction of sp³-hybridized carbons (Fsp3) is 0.667. The van der Waals surface area contributed by atoms with E-state index in [2.05, 4.69) is 41.8 Å². The highest BCUT2D eigenvalue weighted by Crippen LogP contribution is 2.28. The molecule has 0 radical (unpaired) electrons. The van der Waals surface area contributed by atoms with Gasteiger partial charge in [0.1, 0.15) is 0 Å². The van der Waals surface area contributed by atoms with Crippen LogP contribution in [0.15, 0.2) is 17.1 Å². The Morgan fingerprint density at radius 2 is 2.12 bits per heavy atom. The zero-order chi connectivity index (χ0) is 12.3. The van der Waals surface area contributed by atoms with Crippen molar-refractivity contribution in [2.75, 3.05) is 5.33 Å². The molecule has 0 bridgehead atoms. The predicted octanol–water partition coefficient (Wildman–Crippen LogP) is 2.61. The van der Waals surface area contributed by atoms with Crippen LogP contribution in [0.4, 0.5) is 0 Å². The van der Waals surface area contributed by atoms with Gasteiger partial charge in [-0.3, -0.25) is 4.79 Å². The minimum absolute atomic E-state index is 0.0183. The highest BCUT2D eigenvalue weighted by molar-refractivity contribution is 9.09. The number of halogens is 1. The van der Waals surface area contributed by atoms with Gasteiger partial charge < -0.3 is 0 Å². The fourth-order valence-corrected chi connectivity index (χ4v) is 2.60. The lowest BCUT2D eigenvalue weighted by molar-refractivity contribution is 0.228. The van der Waals surface area contributed by atoms with Crippen LogP contribution in [0.2, 0.25) is 0 Å². The molecule has 1 unspecified atom stereocenters. The Morgan fingerprint density at radius 3 is 2.56 bits per heavy atom. The maximum Gasteiger partial charge on any atom is 0.266 e. The molecule has 4 heteroatoms. The summed E-state index contributed by atoms with van der Waals surface area (Å²) in [4.78, 5) is 11.7. The van der Waals surface area contributed by atoms with Gasteiger partial charge >= 0.3 is 0 Å². The number of aromatic nitrogens is 2. The van der Waals surface area contributed by atoms with Crippen LogP contribution in [0.5, 0.6) is 0 Å². The molecule has 1 atom stereocenters. The lowest BCUT2D eigenvalue weighted by atomic mass is 9.82. The highest BCUT2D eigenvalue weighted by Gasteiger charge is 2.24. The molecular weight excluding hydrogens is 268 g/mol. The van der Waals surface area contributed by atoms with Crippen LogP contribution >= 0.6 is 15.9 Å². The third-order valence-electron chi connectivity index (χ3n) is 2.81. The number of hydrogen-bond acceptors (Lipinski definition) is 2. The van der Waals surface area contributed by atoms with E-state index in [-0.39, 0.29) is 11.0 Å². The zero-order valence-electron chi connectivity index (χ0n) is 10.3. The standard InChI is InChI=1S/C12H19BrN2O/c1-9-5-11(16)15(14-7-9)8-10(6-13)12(2,3)4/h5,7,10H,6,8H2,1-4H3. The van der Waals surface area contributed by atoms with Gasteiger partial charge in [0.2, 0.25) is 0 Å². The average molecular weight is 287 g/mol. The molecule has 1 aromatic rings. The van der Waals surface area contributed by atoms with Gasteiger partial charge in [0.05, 0.1) is 6.20 Å². The van der Waals surface area contributed by atoms with E-state index in [1.54, 1.807) is 16.9 Å². The Morgan fingerprint density at radius 1 is 1.50 bits per heavy atom. The van der Waals surface area contributed by atoms with Crippen molar-refractivity contribution >= 4 is 15.9 Å². The summed E-state index contributed by atoms with van der Waals surface area (Å²) in [6.07, 6.45) is 1.73. The van der Waals surface area contributed by atoms with E-state index in [9.17, 15) is 4.79 Å². The summed E-state index contributed by atoms with van der Waals surface area (Å²) in [5.74, 6) is 0.389. The minimum Gasteiger partial charge on any atom is -0.268 e. The molecule has 0 aliphatic carbocycles. The first kappa shape index (κ1) is 13.4. The summed E-state index contributed by atoms with van der Waals surface area (Å²) in [6, 6.07) is 1.63. The van der Waals surface area contributed by atoms with E-state index >= 15 is 0 Å². The van der Waals surface area contributed by atoms with Gasteiger partial charge in [0.15, 0.2) is 0 Å². The van der Waals surface area contributed by atoms with E-state index in [1.165, 1.54) is 0 Å². The van der Waals surface area contributed by atoms with Crippen LogP contribution in [-0.2, 0) is 6.54 Å². The minimum atomic E-state index is -0.0183. The van der Waals surface area contributed by atoms with Crippen LogP contribution < -0.4 is 5.56 Å². The maximum atomic E-state index is 11.7. The molecule has 1 rings (SSSR count). The molecule has 16 heavy (non-hydrogen) atoms. The van der Waals surface area contributed by atoms with Crippen molar-refractivity contribution < 1.29 is 0 Å². The van der Waals surface area contributed by atoms with Crippen molar-refractivity contribution in [3.8, 4) is 0 Å². The first-order valence-electron chi connectivity index (χ1n) is 5.44. The predicted molar refractivity (Wildman–Crippen MR) is 70.0 cm³/mol. The van der Waals surface area contributed by atoms with E-state index in [0.717, 1.165) is 10.9 Å². The molecule has 0 fully saturated rings. The number of aryl methyl sites for hydroxylation is 1. The largest absolute Gasteiger partial charge is 0.268 e. The third kappa shape index (κ3) is 3.44. The summed E-state index contributed by atoms with van der Waals surface area (Å²) in [5.41, 5.74) is 1.05. The molecule has 0 spiro atoms. The Hall–Kier alpha value is -0.640. The smallest absolute Gasteiger partial charge is 0.266 e. The quantitative estimate of drug-likeness (QED) is 0.801. The normalized spacial score (nSPS) is 13.8. The molecule has 0 amide bonds. The molecule has 0 saturated heterocycles. The van der Waals surface area contributed by atoms with Crippen LogP contribution in [0.1, 0.15) is 26.3 Å². The number of rotatable bonds is 3. The number of nitrogens with zero attached hydrogens (tertiary/aromatic N) is 2. The molecule has 90 valence electrons. The Kier molecular flexibility index (Phi) is 4.30. The SMILES string of the molecule is Cc1cnn(CC(CBr)C(C)(C)C)c(=O)c1. The first-order chi connectivity index (χ1) is 7.34. The van der Waals surface area contributed by atoms with Crippen molar-refractivity contribution in [1.29, 1.82) is 0 Å². The molecule has 1 aromatic heterocycles. The molecular formula is C12H19BrN2O. The van der Waals surface area contributed by atoms with Gasteiger partial charge in [-0.2, -0.15) is 5.10 Å². The van der Waals surface area contributed by atoms with Crippen LogP contribution in [0.3, 0.4) is 0 Å². The molecule has 0 aliphatic rings. The van der Waals surface area contributed by atoms with Gasteiger partial charge in [-0.05, 0) is 23.8 Å². The fourth-order valence-electron chi connectivity index (χ4n) is 1.42. The zero-order valence-corrected chi connectivity index (χ0v) is 11.9. The lowest BCUT2D eigenvalue weighted by Crippen LogP contribution is -2.32. The van der Waals surface area contributed by atoms with Crippen LogP contribution in [-0.4, -0.2) is 15.1 Å². The molecule has 3 nitrogen and oxygen atoms in total. The van der Waals surface area contributed by atoms with Crippen molar-refractivity contribution in [2.45, 2.75) is 34.2 Å². The summed E-state index contributed by atoms with van der Waals surface area (Å²) < 4.78 is 1.55. The van der Waals surface area contributed by atoms with E-state index in [0.29, 0.717) is 12.5 Å². The summed E-state index contributed by atoms with van der Waals surface area (Å²) in [5, 5.41) is 5.04. The summed E-state index contributed by atoms with van der Waals surface area (Å²) in [6.45, 7) is 9.08. The monoisotopic (exact) mass is 286 g/mol. The van der Waals surface area contributed by atoms with Crippen molar-refractivity contribution in [3.63, 3.8) is 0 Å². The van der Waals surface area contributed by atoms with E-state index in [4.69, 9.17) is 0 Å². The Balaban J connectivity index is 2.91. The van der Waals surface area contributed by atoms with E-state index in [1.807, 2.05) is 6.92 Å². The summed E-state index contributed by atoms with van der Waals surface area (Å²) in [7, 11) is 0. The number of alkyl halides is 1. The molecule has 1 heterocycles. The lowest BCUT2D eigenvalue weighted by Gasteiger charge is -2.29. The van der Waals surface area contributed by atoms with Crippen molar-refractivity contribution in [3.05, 3.63) is 28.2 Å². The van der Waals surface area contributed by atoms with Gasteiger partial charge in [-0.15, -0.1) is 0 Å². The first-order valence-corrected chi connectivity index (χ1v) is 6.56. The Bertz CT molecular complexity index is 406. The second kappa shape index (κ2) is 5.13. The third-order valence-corrected chi connectivity index (χ3v) is 3.59. The van der Waals surface area contributed by atoms with Gasteiger partial charge in [0.25, 0.3) is 5.56 Å². The maximum absolute atomic E-state index is 11.7. The van der Waals surface area contributed by atoms with Crippen LogP contribution in [0.25, 0.3) is 0 Å². The van der Waals surface area contributed by atoms with Crippen LogP contribution in [0, 0.1) is 18.3 Å². The molecule has 0 saturated carbocycles. The molecule has 0 aromatic carbocycles. The van der Waals surface area contributed by atoms with Gasteiger partial charge in [-0.25, -0.2) is 4.68 Å². The average Bonchev–Trinajstić information content (AvgIpc) is 2.14. The van der Waals surface area contributed by atoms with E-state index < -0.39 is 0 Å². The molecule has 0 aliphatic heterocycles. The van der Waals surface area contributed by atoms with Crippen molar-refractivity contribution in [1.82, 2.24) is 9.78 Å². The van der Waals surface area contributed by atoms with Gasteiger partial charge in [0, 0.05) is 17.9 Å². The molecule has 0 N–H and O–H groups in total. The number of hydrogen-bond donors (Lipinski definition) is 0.